The lowest BCUT2D eigenvalue weighted by molar-refractivity contribution is 0.529. The number of hydrogen-bond acceptors (Lipinski definition) is 2. The second kappa shape index (κ2) is 7.43. The van der Waals surface area contributed by atoms with E-state index in [4.69, 9.17) is 11.6 Å². The summed E-state index contributed by atoms with van der Waals surface area (Å²) >= 11 is 10.0. The topological polar surface area (TPSA) is 29.9 Å². The van der Waals surface area contributed by atoms with E-state index in [1.165, 1.54) is 5.56 Å². The minimum atomic E-state index is 0.238. The fraction of sp³-hybridized carbons (Fsp3) is 0.438. The number of nitrogens with zero attached hydrogens (tertiary/aromatic N) is 2. The van der Waals surface area contributed by atoms with Gasteiger partial charge in [0.2, 0.25) is 0 Å². The highest BCUT2D eigenvalue weighted by Crippen LogP contribution is 2.25. The average Bonchev–Trinajstić information content (AvgIpc) is 2.80. The SMILES string of the molecule is CCc1nn(CC)c(CN[C@H](C)c2ccccc2Br)c1Cl. The fourth-order valence-corrected chi connectivity index (χ4v) is 3.34. The van der Waals surface area contributed by atoms with E-state index in [9.17, 15) is 0 Å². The van der Waals surface area contributed by atoms with E-state index in [-0.39, 0.29) is 6.04 Å². The van der Waals surface area contributed by atoms with Crippen molar-refractivity contribution < 1.29 is 0 Å². The van der Waals surface area contributed by atoms with Crippen molar-refractivity contribution in [2.75, 3.05) is 0 Å². The number of hydrogen-bond donors (Lipinski definition) is 1. The Morgan fingerprint density at radius 3 is 2.67 bits per heavy atom. The van der Waals surface area contributed by atoms with Crippen molar-refractivity contribution in [1.29, 1.82) is 0 Å². The molecule has 21 heavy (non-hydrogen) atoms. The van der Waals surface area contributed by atoms with Crippen LogP contribution < -0.4 is 5.32 Å². The van der Waals surface area contributed by atoms with Gasteiger partial charge >= 0.3 is 0 Å². The molecule has 5 heteroatoms. The van der Waals surface area contributed by atoms with Crippen molar-refractivity contribution in [3.05, 3.63) is 50.7 Å². The summed E-state index contributed by atoms with van der Waals surface area (Å²) in [6, 6.07) is 8.50. The minimum absolute atomic E-state index is 0.238. The molecule has 0 aliphatic carbocycles. The Kier molecular flexibility index (Phi) is 5.85. The van der Waals surface area contributed by atoms with Crippen molar-refractivity contribution in [1.82, 2.24) is 15.1 Å². The average molecular weight is 371 g/mol. The second-order valence-electron chi connectivity index (χ2n) is 5.00. The zero-order valence-corrected chi connectivity index (χ0v) is 15.0. The van der Waals surface area contributed by atoms with Crippen LogP contribution in [-0.4, -0.2) is 9.78 Å². The molecule has 0 amide bonds. The molecule has 0 aliphatic rings. The summed E-state index contributed by atoms with van der Waals surface area (Å²) in [4.78, 5) is 0. The molecule has 0 spiro atoms. The first kappa shape index (κ1) is 16.5. The molecule has 0 aliphatic heterocycles. The summed E-state index contributed by atoms with van der Waals surface area (Å²) in [6.45, 7) is 7.86. The van der Waals surface area contributed by atoms with Crippen LogP contribution in [0.15, 0.2) is 28.7 Å². The van der Waals surface area contributed by atoms with Gasteiger partial charge in [0.15, 0.2) is 0 Å². The number of nitrogens with one attached hydrogen (secondary N) is 1. The van der Waals surface area contributed by atoms with Gasteiger partial charge in [-0.3, -0.25) is 4.68 Å². The number of aryl methyl sites for hydroxylation is 2. The second-order valence-corrected chi connectivity index (χ2v) is 6.23. The largest absolute Gasteiger partial charge is 0.304 e. The standard InChI is InChI=1S/C16H21BrClN3/c1-4-14-16(18)15(21(5-2)20-14)10-19-11(3)12-8-6-7-9-13(12)17/h6-9,11,19H,4-5,10H2,1-3H3/t11-/m1/s1. The molecular formula is C16H21BrClN3. The summed E-state index contributed by atoms with van der Waals surface area (Å²) in [5.74, 6) is 0. The third-order valence-corrected chi connectivity index (χ3v) is 4.80. The lowest BCUT2D eigenvalue weighted by Crippen LogP contribution is -2.20. The van der Waals surface area contributed by atoms with Crippen LogP contribution in [0.1, 0.15) is 43.8 Å². The predicted molar refractivity (Wildman–Crippen MR) is 91.7 cm³/mol. The molecule has 1 N–H and O–H groups in total. The normalized spacial score (nSPS) is 12.6. The van der Waals surface area contributed by atoms with Crippen molar-refractivity contribution in [2.24, 2.45) is 0 Å². The van der Waals surface area contributed by atoms with Gasteiger partial charge in [-0.15, -0.1) is 0 Å². The van der Waals surface area contributed by atoms with E-state index in [2.05, 4.69) is 65.3 Å². The van der Waals surface area contributed by atoms with Crippen molar-refractivity contribution in [2.45, 2.75) is 46.3 Å². The molecular weight excluding hydrogens is 350 g/mol. The molecule has 1 heterocycles. The van der Waals surface area contributed by atoms with Crippen LogP contribution in [0.25, 0.3) is 0 Å². The van der Waals surface area contributed by atoms with Gasteiger partial charge in [-0.1, -0.05) is 52.7 Å². The molecule has 1 aromatic carbocycles. The molecule has 0 saturated heterocycles. The number of benzene rings is 1. The summed E-state index contributed by atoms with van der Waals surface area (Å²) in [5.41, 5.74) is 3.28. The zero-order valence-electron chi connectivity index (χ0n) is 12.7. The summed E-state index contributed by atoms with van der Waals surface area (Å²) in [5, 5.41) is 8.88. The van der Waals surface area contributed by atoms with Crippen LogP contribution in [0.5, 0.6) is 0 Å². The molecule has 0 saturated carbocycles. The van der Waals surface area contributed by atoms with Gasteiger partial charge < -0.3 is 5.32 Å². The first-order valence-electron chi connectivity index (χ1n) is 7.30. The fourth-order valence-electron chi connectivity index (χ4n) is 2.37. The van der Waals surface area contributed by atoms with Crippen LogP contribution in [0.4, 0.5) is 0 Å². The first-order valence-corrected chi connectivity index (χ1v) is 8.47. The van der Waals surface area contributed by atoms with E-state index in [0.29, 0.717) is 6.54 Å². The maximum Gasteiger partial charge on any atom is 0.0863 e. The molecule has 2 rings (SSSR count). The Bertz CT molecular complexity index is 610. The highest BCUT2D eigenvalue weighted by Gasteiger charge is 2.15. The van der Waals surface area contributed by atoms with Gasteiger partial charge in [-0.05, 0) is 31.9 Å². The Balaban J connectivity index is 2.13. The Hall–Kier alpha value is -0.840. The summed E-state index contributed by atoms with van der Waals surface area (Å²) < 4.78 is 3.11. The molecule has 3 nitrogen and oxygen atoms in total. The maximum absolute atomic E-state index is 6.44. The molecule has 1 atom stereocenters. The van der Waals surface area contributed by atoms with Crippen molar-refractivity contribution >= 4 is 27.5 Å². The van der Waals surface area contributed by atoms with E-state index >= 15 is 0 Å². The van der Waals surface area contributed by atoms with Crippen LogP contribution >= 0.6 is 27.5 Å². The van der Waals surface area contributed by atoms with Gasteiger partial charge in [0, 0.05) is 23.6 Å². The minimum Gasteiger partial charge on any atom is -0.304 e. The van der Waals surface area contributed by atoms with Gasteiger partial charge in [0.25, 0.3) is 0 Å². The highest BCUT2D eigenvalue weighted by atomic mass is 79.9. The van der Waals surface area contributed by atoms with Crippen LogP contribution in [0.3, 0.4) is 0 Å². The van der Waals surface area contributed by atoms with E-state index in [0.717, 1.165) is 33.8 Å². The monoisotopic (exact) mass is 369 g/mol. The van der Waals surface area contributed by atoms with Crippen molar-refractivity contribution in [3.8, 4) is 0 Å². The lowest BCUT2D eigenvalue weighted by Gasteiger charge is -2.16. The van der Waals surface area contributed by atoms with E-state index in [1.807, 2.05) is 10.7 Å². The van der Waals surface area contributed by atoms with E-state index in [1.54, 1.807) is 0 Å². The molecule has 0 fully saturated rings. The summed E-state index contributed by atoms with van der Waals surface area (Å²) in [7, 11) is 0. The van der Waals surface area contributed by atoms with Gasteiger partial charge in [0.1, 0.15) is 0 Å². The van der Waals surface area contributed by atoms with Gasteiger partial charge in [-0.25, -0.2) is 0 Å². The molecule has 0 radical (unpaired) electrons. The van der Waals surface area contributed by atoms with Crippen LogP contribution in [-0.2, 0) is 19.5 Å². The first-order chi connectivity index (χ1) is 10.1. The van der Waals surface area contributed by atoms with Crippen molar-refractivity contribution in [3.63, 3.8) is 0 Å². The van der Waals surface area contributed by atoms with Crippen LogP contribution in [0.2, 0.25) is 5.02 Å². The Labute approximate surface area is 139 Å². The number of rotatable bonds is 6. The van der Waals surface area contributed by atoms with Gasteiger partial charge in [0.05, 0.1) is 16.4 Å². The molecule has 0 bridgehead atoms. The molecule has 114 valence electrons. The summed E-state index contributed by atoms with van der Waals surface area (Å²) in [6.07, 6.45) is 0.860. The smallest absolute Gasteiger partial charge is 0.0863 e. The lowest BCUT2D eigenvalue weighted by atomic mass is 10.1. The zero-order chi connectivity index (χ0) is 15.4. The van der Waals surface area contributed by atoms with Gasteiger partial charge in [-0.2, -0.15) is 5.10 Å². The number of aromatic nitrogens is 2. The highest BCUT2D eigenvalue weighted by molar-refractivity contribution is 9.10. The quantitative estimate of drug-likeness (QED) is 0.796. The third kappa shape index (κ3) is 3.68. The predicted octanol–water partition coefficient (Wildman–Crippen LogP) is 4.73. The molecule has 0 unspecified atom stereocenters. The molecule has 1 aromatic heterocycles. The van der Waals surface area contributed by atoms with Crippen LogP contribution in [0, 0.1) is 0 Å². The Morgan fingerprint density at radius 1 is 1.33 bits per heavy atom. The van der Waals surface area contributed by atoms with E-state index < -0.39 is 0 Å². The maximum atomic E-state index is 6.44. The number of halogens is 2. The third-order valence-electron chi connectivity index (χ3n) is 3.64. The molecule has 2 aromatic rings. The Morgan fingerprint density at radius 2 is 2.05 bits per heavy atom.